The number of esters is 1. The zero-order chi connectivity index (χ0) is 62.2. The number of halogens is 2. The molecule has 4 saturated carbocycles. The Hall–Kier alpha value is -6.38. The van der Waals surface area contributed by atoms with Crippen LogP contribution in [-0.4, -0.2) is 98.2 Å². The molecular weight excluding hydrogens is 1150 g/mol. The Bertz CT molecular complexity index is 3130. The number of unbranched alkanes of at least 4 members (excludes halogenated alkanes) is 1. The molecule has 468 valence electrons. The Morgan fingerprint density at radius 3 is 2.08 bits per heavy atom. The van der Waals surface area contributed by atoms with Gasteiger partial charge in [-0.25, -0.2) is 9.68 Å². The Balaban J connectivity index is 0.895. The third-order valence-electron chi connectivity index (χ3n) is 18.1. The molecule has 5 amide bonds. The van der Waals surface area contributed by atoms with Gasteiger partial charge in [0.2, 0.25) is 29.5 Å². The van der Waals surface area contributed by atoms with Gasteiger partial charge in [0.1, 0.15) is 42.1 Å². The molecule has 1 saturated heterocycles. The van der Waals surface area contributed by atoms with Crippen LogP contribution in [0.2, 0.25) is 10.0 Å². The van der Waals surface area contributed by atoms with Gasteiger partial charge in [-0.2, -0.15) is 4.89 Å². The van der Waals surface area contributed by atoms with Crippen molar-refractivity contribution in [2.24, 2.45) is 41.2 Å². The highest BCUT2D eigenvalue weighted by Gasteiger charge is 2.80. The molecule has 1 aliphatic heterocycles. The van der Waals surface area contributed by atoms with E-state index in [9.17, 15) is 28.8 Å². The van der Waals surface area contributed by atoms with Crippen molar-refractivity contribution in [3.05, 3.63) is 134 Å². The Morgan fingerprint density at radius 1 is 0.770 bits per heavy atom. The van der Waals surface area contributed by atoms with Crippen LogP contribution in [-0.2, 0) is 84.4 Å². The van der Waals surface area contributed by atoms with E-state index in [2.05, 4.69) is 26.6 Å². The number of anilines is 1. The minimum absolute atomic E-state index is 0.0307. The summed E-state index contributed by atoms with van der Waals surface area (Å²) in [4.78, 5) is 95.8. The summed E-state index contributed by atoms with van der Waals surface area (Å²) in [6.07, 6.45) is 10.4. The van der Waals surface area contributed by atoms with Crippen LogP contribution in [0, 0.1) is 35.5 Å². The second-order valence-electron chi connectivity index (χ2n) is 25.3. The second kappa shape index (κ2) is 28.4. The van der Waals surface area contributed by atoms with Crippen LogP contribution in [0.1, 0.15) is 126 Å². The van der Waals surface area contributed by atoms with Gasteiger partial charge in [0.15, 0.2) is 5.60 Å². The van der Waals surface area contributed by atoms with Gasteiger partial charge in [0.05, 0.1) is 5.02 Å². The van der Waals surface area contributed by atoms with Gasteiger partial charge < -0.3 is 51.3 Å². The van der Waals surface area contributed by atoms with Crippen molar-refractivity contribution in [3.8, 4) is 5.75 Å². The molecule has 6 aliphatic rings. The number of fused-ring (bicyclic) bond motifs is 1. The van der Waals surface area contributed by atoms with Gasteiger partial charge in [0, 0.05) is 74.4 Å². The lowest BCUT2D eigenvalue weighted by Gasteiger charge is -2.60. The van der Waals surface area contributed by atoms with Crippen LogP contribution in [0.3, 0.4) is 0 Å². The molecule has 10 rings (SSSR count). The summed E-state index contributed by atoms with van der Waals surface area (Å²) in [6, 6.07) is 21.2. The molecule has 10 atom stereocenters. The number of hydrogen-bond acceptors (Lipinski definition) is 13. The molecule has 5 aliphatic carbocycles. The average Bonchev–Trinajstić information content (AvgIpc) is 1.55. The molecule has 1 spiro atoms. The molecule has 4 aromatic rings. The molecule has 7 N–H and O–H groups in total. The van der Waals surface area contributed by atoms with E-state index in [1.807, 2.05) is 64.1 Å². The summed E-state index contributed by atoms with van der Waals surface area (Å²) in [5, 5.41) is 15.3. The van der Waals surface area contributed by atoms with Crippen LogP contribution < -0.4 is 37.1 Å². The SMILES string of the molecule is COCCC(C)(C)OC(=O)/C=C/c1ccc(C2(OC)OOC23C2CC4CC(C2)C3C4)c(Cl)c1OCc1ccc(NC(=O)[C@H](CC(C)C)NC(=O)[C@H](CCCCN)NC(=O)[C@H](Cc2ccc(Cl)cc2)NC(=O)[C@@H](NC(C)=O)C2Cc3ccccc3C2)cc1. The summed E-state index contributed by atoms with van der Waals surface area (Å²) in [7, 11) is 3.21. The van der Waals surface area contributed by atoms with Gasteiger partial charge in [0.25, 0.3) is 5.79 Å². The molecule has 6 unspecified atom stereocenters. The number of ether oxygens (including phenoxy) is 4. The highest BCUT2D eigenvalue weighted by molar-refractivity contribution is 6.33. The van der Waals surface area contributed by atoms with Crippen LogP contribution in [0.15, 0.2) is 91.0 Å². The molecular formula is C67H84Cl2N6O12. The van der Waals surface area contributed by atoms with E-state index in [1.54, 1.807) is 68.8 Å². The summed E-state index contributed by atoms with van der Waals surface area (Å²) in [5.74, 6) is -2.79. The molecule has 18 nitrogen and oxygen atoms in total. The van der Waals surface area contributed by atoms with Gasteiger partial charge in [-0.15, -0.1) is 0 Å². The van der Waals surface area contributed by atoms with E-state index in [1.165, 1.54) is 19.4 Å². The zero-order valence-electron chi connectivity index (χ0n) is 50.8. The van der Waals surface area contributed by atoms with Crippen LogP contribution >= 0.6 is 23.2 Å². The van der Waals surface area contributed by atoms with E-state index in [0.29, 0.717) is 84.5 Å². The minimum atomic E-state index is -1.29. The Kier molecular flexibility index (Phi) is 21.2. The Labute approximate surface area is 520 Å². The monoisotopic (exact) mass is 1230 g/mol. The largest absolute Gasteiger partial charge is 0.487 e. The number of carbonyl (C=O) groups excluding carboxylic acids is 6. The molecule has 0 radical (unpaired) electrons. The molecule has 4 aromatic carbocycles. The summed E-state index contributed by atoms with van der Waals surface area (Å²) in [6.45, 7) is 9.67. The number of nitrogens with two attached hydrogens (primary N) is 1. The molecule has 0 aromatic heterocycles. The van der Waals surface area contributed by atoms with E-state index < -0.39 is 76.7 Å². The van der Waals surface area contributed by atoms with Crippen molar-refractivity contribution in [1.82, 2.24) is 21.3 Å². The molecule has 5 fully saturated rings. The molecule has 20 heteroatoms. The molecule has 4 bridgehead atoms. The lowest BCUT2D eigenvalue weighted by Crippen LogP contribution is -2.71. The normalized spacial score (nSPS) is 23.2. The Morgan fingerprint density at radius 2 is 1.45 bits per heavy atom. The fourth-order valence-electron chi connectivity index (χ4n) is 14.0. The minimum Gasteiger partial charge on any atom is -0.487 e. The zero-order valence-corrected chi connectivity index (χ0v) is 52.4. The van der Waals surface area contributed by atoms with E-state index in [0.717, 1.165) is 36.0 Å². The van der Waals surface area contributed by atoms with Crippen LogP contribution in [0.5, 0.6) is 5.75 Å². The third kappa shape index (κ3) is 14.9. The van der Waals surface area contributed by atoms with Gasteiger partial charge in [-0.05, 0) is 167 Å². The maximum atomic E-state index is 14.6. The quantitative estimate of drug-likeness (QED) is 0.0129. The number of nitrogens with one attached hydrogen (secondary N) is 5. The molecule has 1 heterocycles. The fourth-order valence-corrected chi connectivity index (χ4v) is 14.4. The molecule has 87 heavy (non-hydrogen) atoms. The highest BCUT2D eigenvalue weighted by atomic mass is 35.5. The number of carbonyl (C=O) groups is 6. The number of methoxy groups -OCH3 is 2. The highest BCUT2D eigenvalue weighted by Crippen LogP contribution is 2.73. The maximum Gasteiger partial charge on any atom is 0.331 e. The first kappa shape index (κ1) is 65.1. The first-order chi connectivity index (χ1) is 41.7. The van der Waals surface area contributed by atoms with Crippen molar-refractivity contribution in [1.29, 1.82) is 0 Å². The van der Waals surface area contributed by atoms with Crippen molar-refractivity contribution >= 4 is 70.5 Å². The summed E-state index contributed by atoms with van der Waals surface area (Å²) in [5.41, 5.74) is 9.53. The summed E-state index contributed by atoms with van der Waals surface area (Å²) >= 11 is 13.7. The van der Waals surface area contributed by atoms with Gasteiger partial charge >= 0.3 is 5.97 Å². The lowest BCUT2D eigenvalue weighted by molar-refractivity contribution is -0.635. The average molecular weight is 1240 g/mol. The standard InChI is InChI=1S/C67H84Cl2N6O12/c1-39(2)30-55(74-61(78)54(14-10-11-28-70)73-63(80)56(34-41-15-21-50(68)22-16-41)75-64(81)59(71-40(3)76)48-35-45-12-8-9-13-46(45)36-48)62(79)72-51-23-17-42(18-24-51)38-84-60-44(20-26-57(77)85-65(4,5)27-29-82-6)19-25-52(58(60)69)67(83-7)66(86-87-67)49-32-43-31-47(37-49)53(66)33-43/h8-9,12-13,15-26,39,43,47-49,53-56,59H,10-11,14,27-38,70H2,1-7H3,(H,71,76)(H,72,79)(H,73,80)(H,74,78)(H,75,81)/b26-20+/t43?,47?,49?,53?,54-,55-,56-,59-,66?,67?/m0/s1. The second-order valence-corrected chi connectivity index (χ2v) is 26.1. The summed E-state index contributed by atoms with van der Waals surface area (Å²) < 4.78 is 24.0. The van der Waals surface area contributed by atoms with Crippen molar-refractivity contribution in [3.63, 3.8) is 0 Å². The van der Waals surface area contributed by atoms with E-state index >= 15 is 0 Å². The first-order valence-corrected chi connectivity index (χ1v) is 31.3. The van der Waals surface area contributed by atoms with Crippen molar-refractivity contribution in [2.45, 2.75) is 159 Å². The van der Waals surface area contributed by atoms with Crippen LogP contribution in [0.4, 0.5) is 5.69 Å². The van der Waals surface area contributed by atoms with Gasteiger partial charge in [-0.1, -0.05) is 97.7 Å². The third-order valence-corrected chi connectivity index (χ3v) is 18.8. The van der Waals surface area contributed by atoms with E-state index in [4.69, 9.17) is 57.7 Å². The first-order valence-electron chi connectivity index (χ1n) is 30.5. The smallest absolute Gasteiger partial charge is 0.331 e. The topological polar surface area (TPSA) is 244 Å². The van der Waals surface area contributed by atoms with Gasteiger partial charge in [-0.3, -0.25) is 24.0 Å². The van der Waals surface area contributed by atoms with Crippen LogP contribution in [0.25, 0.3) is 6.08 Å². The number of benzene rings is 4. The number of rotatable bonds is 29. The number of hydrogen-bond donors (Lipinski definition) is 6. The van der Waals surface area contributed by atoms with Crippen molar-refractivity contribution in [2.75, 3.05) is 32.7 Å². The van der Waals surface area contributed by atoms with E-state index in [-0.39, 0.29) is 60.3 Å². The van der Waals surface area contributed by atoms with Crippen molar-refractivity contribution < 1.29 is 57.5 Å². The number of amides is 5. The predicted molar refractivity (Wildman–Crippen MR) is 331 cm³/mol. The lowest BCUT2D eigenvalue weighted by atomic mass is 9.65. The maximum absolute atomic E-state index is 14.6. The predicted octanol–water partition coefficient (Wildman–Crippen LogP) is 9.24. The fraction of sp³-hybridized carbons (Fsp3) is 0.522.